The van der Waals surface area contributed by atoms with E-state index in [1.54, 1.807) is 0 Å². The fourth-order valence-corrected chi connectivity index (χ4v) is 2.39. The lowest BCUT2D eigenvalue weighted by Gasteiger charge is -2.26. The number of hydrogen-bond donors (Lipinski definition) is 1. The first-order valence-electron chi connectivity index (χ1n) is 6.36. The molecule has 0 radical (unpaired) electrons. The Morgan fingerprint density at radius 1 is 1.00 bits per heavy atom. The summed E-state index contributed by atoms with van der Waals surface area (Å²) in [6, 6.07) is 19.3. The van der Waals surface area contributed by atoms with Gasteiger partial charge in [-0.2, -0.15) is 0 Å². The van der Waals surface area contributed by atoms with Gasteiger partial charge in [0.1, 0.15) is 0 Å². The van der Waals surface area contributed by atoms with Gasteiger partial charge in [0.15, 0.2) is 0 Å². The molecular formula is C16H17NO. The van der Waals surface area contributed by atoms with Crippen molar-refractivity contribution < 1.29 is 4.74 Å². The standard InChI is InChI=1S/C16H17NO/c1-2-6-13(7-3-1)10-17-16-12-18-11-14-8-4-5-9-15(14)16/h1-9,16-17H,10-12H2. The van der Waals surface area contributed by atoms with Crippen LogP contribution in [0, 0.1) is 0 Å². The molecule has 0 saturated carbocycles. The Kier molecular flexibility index (Phi) is 3.40. The molecule has 0 saturated heterocycles. The van der Waals surface area contributed by atoms with E-state index in [1.807, 2.05) is 6.07 Å². The Labute approximate surface area is 108 Å². The number of benzene rings is 2. The van der Waals surface area contributed by atoms with Gasteiger partial charge in [-0.15, -0.1) is 0 Å². The first-order valence-corrected chi connectivity index (χ1v) is 6.36. The highest BCUT2D eigenvalue weighted by Crippen LogP contribution is 2.24. The van der Waals surface area contributed by atoms with Gasteiger partial charge in [0.2, 0.25) is 0 Å². The van der Waals surface area contributed by atoms with Crippen LogP contribution >= 0.6 is 0 Å². The maximum absolute atomic E-state index is 5.63. The van der Waals surface area contributed by atoms with E-state index in [4.69, 9.17) is 4.74 Å². The summed E-state index contributed by atoms with van der Waals surface area (Å²) in [5.74, 6) is 0. The molecule has 0 aromatic heterocycles. The molecule has 18 heavy (non-hydrogen) atoms. The Bertz CT molecular complexity index is 510. The summed E-state index contributed by atoms with van der Waals surface area (Å²) >= 11 is 0. The predicted octanol–water partition coefficient (Wildman–Crippen LogP) is 3.05. The molecule has 92 valence electrons. The molecule has 0 spiro atoms. The van der Waals surface area contributed by atoms with Gasteiger partial charge in [0.05, 0.1) is 19.3 Å². The van der Waals surface area contributed by atoms with Crippen LogP contribution in [-0.2, 0) is 17.9 Å². The van der Waals surface area contributed by atoms with Crippen molar-refractivity contribution in [1.82, 2.24) is 5.32 Å². The number of hydrogen-bond acceptors (Lipinski definition) is 2. The van der Waals surface area contributed by atoms with Gasteiger partial charge >= 0.3 is 0 Å². The third-order valence-electron chi connectivity index (χ3n) is 3.37. The summed E-state index contributed by atoms with van der Waals surface area (Å²) < 4.78 is 5.63. The first kappa shape index (κ1) is 11.5. The van der Waals surface area contributed by atoms with Gasteiger partial charge in [0.25, 0.3) is 0 Å². The van der Waals surface area contributed by atoms with Crippen molar-refractivity contribution in [3.8, 4) is 0 Å². The average Bonchev–Trinajstić information content (AvgIpc) is 2.46. The fourth-order valence-electron chi connectivity index (χ4n) is 2.39. The van der Waals surface area contributed by atoms with Crippen molar-refractivity contribution in [3.63, 3.8) is 0 Å². The molecule has 0 bridgehead atoms. The molecule has 2 nitrogen and oxygen atoms in total. The second-order valence-corrected chi connectivity index (χ2v) is 4.63. The van der Waals surface area contributed by atoms with Gasteiger partial charge in [-0.05, 0) is 16.7 Å². The largest absolute Gasteiger partial charge is 0.375 e. The van der Waals surface area contributed by atoms with Crippen LogP contribution < -0.4 is 5.32 Å². The lowest BCUT2D eigenvalue weighted by atomic mass is 9.99. The molecule has 1 aliphatic rings. The minimum atomic E-state index is 0.301. The number of rotatable bonds is 3. The molecule has 0 fully saturated rings. The topological polar surface area (TPSA) is 21.3 Å². The van der Waals surface area contributed by atoms with E-state index < -0.39 is 0 Å². The van der Waals surface area contributed by atoms with Crippen molar-refractivity contribution in [2.45, 2.75) is 19.2 Å². The van der Waals surface area contributed by atoms with Crippen LogP contribution in [0.4, 0.5) is 0 Å². The third kappa shape index (κ3) is 2.45. The highest BCUT2D eigenvalue weighted by molar-refractivity contribution is 5.31. The molecule has 1 N–H and O–H groups in total. The molecule has 1 heterocycles. The summed E-state index contributed by atoms with van der Waals surface area (Å²) in [7, 11) is 0. The summed E-state index contributed by atoms with van der Waals surface area (Å²) in [5.41, 5.74) is 3.98. The van der Waals surface area contributed by atoms with E-state index in [0.29, 0.717) is 6.04 Å². The molecule has 2 aromatic carbocycles. The minimum Gasteiger partial charge on any atom is -0.375 e. The van der Waals surface area contributed by atoms with Gasteiger partial charge in [-0.1, -0.05) is 54.6 Å². The Morgan fingerprint density at radius 3 is 2.67 bits per heavy atom. The Hall–Kier alpha value is -1.64. The smallest absolute Gasteiger partial charge is 0.0721 e. The van der Waals surface area contributed by atoms with Gasteiger partial charge in [-0.25, -0.2) is 0 Å². The summed E-state index contributed by atoms with van der Waals surface area (Å²) in [6.07, 6.45) is 0. The predicted molar refractivity (Wildman–Crippen MR) is 72.1 cm³/mol. The third-order valence-corrected chi connectivity index (χ3v) is 3.37. The molecular weight excluding hydrogens is 222 g/mol. The highest BCUT2D eigenvalue weighted by Gasteiger charge is 2.19. The molecule has 2 aromatic rings. The maximum atomic E-state index is 5.63. The lowest BCUT2D eigenvalue weighted by Crippen LogP contribution is -2.29. The minimum absolute atomic E-state index is 0.301. The van der Waals surface area contributed by atoms with Crippen molar-refractivity contribution in [2.75, 3.05) is 6.61 Å². The molecule has 1 atom stereocenters. The van der Waals surface area contributed by atoms with Crippen LogP contribution in [0.1, 0.15) is 22.7 Å². The van der Waals surface area contributed by atoms with Crippen LogP contribution in [0.2, 0.25) is 0 Å². The quantitative estimate of drug-likeness (QED) is 0.889. The van der Waals surface area contributed by atoms with Crippen LogP contribution in [0.5, 0.6) is 0 Å². The number of fused-ring (bicyclic) bond motifs is 1. The lowest BCUT2D eigenvalue weighted by molar-refractivity contribution is 0.0817. The normalized spacial score (nSPS) is 18.3. The monoisotopic (exact) mass is 239 g/mol. The Morgan fingerprint density at radius 2 is 1.78 bits per heavy atom. The molecule has 1 unspecified atom stereocenters. The second kappa shape index (κ2) is 5.34. The average molecular weight is 239 g/mol. The Balaban J connectivity index is 1.71. The summed E-state index contributed by atoms with van der Waals surface area (Å²) in [5, 5.41) is 3.57. The molecule has 0 amide bonds. The molecule has 2 heteroatoms. The molecule has 1 aliphatic heterocycles. The van der Waals surface area contributed by atoms with E-state index in [1.165, 1.54) is 16.7 Å². The SMILES string of the molecule is c1ccc(CNC2COCc3ccccc32)cc1. The van der Waals surface area contributed by atoms with Gasteiger partial charge in [0, 0.05) is 6.54 Å². The highest BCUT2D eigenvalue weighted by atomic mass is 16.5. The van der Waals surface area contributed by atoms with E-state index in [9.17, 15) is 0 Å². The summed E-state index contributed by atoms with van der Waals surface area (Å²) in [4.78, 5) is 0. The van der Waals surface area contributed by atoms with Crippen LogP contribution in [-0.4, -0.2) is 6.61 Å². The maximum Gasteiger partial charge on any atom is 0.0721 e. The van der Waals surface area contributed by atoms with E-state index in [2.05, 4.69) is 53.8 Å². The fraction of sp³-hybridized carbons (Fsp3) is 0.250. The van der Waals surface area contributed by atoms with E-state index >= 15 is 0 Å². The van der Waals surface area contributed by atoms with Crippen molar-refractivity contribution in [3.05, 3.63) is 71.3 Å². The van der Waals surface area contributed by atoms with Crippen LogP contribution in [0.3, 0.4) is 0 Å². The van der Waals surface area contributed by atoms with Crippen LogP contribution in [0.15, 0.2) is 54.6 Å². The zero-order chi connectivity index (χ0) is 12.2. The molecule has 0 aliphatic carbocycles. The van der Waals surface area contributed by atoms with E-state index in [-0.39, 0.29) is 0 Å². The van der Waals surface area contributed by atoms with Crippen molar-refractivity contribution in [1.29, 1.82) is 0 Å². The first-order chi connectivity index (χ1) is 8.93. The van der Waals surface area contributed by atoms with Crippen molar-refractivity contribution >= 4 is 0 Å². The van der Waals surface area contributed by atoms with Crippen molar-refractivity contribution in [2.24, 2.45) is 0 Å². The second-order valence-electron chi connectivity index (χ2n) is 4.63. The van der Waals surface area contributed by atoms with Gasteiger partial charge in [-0.3, -0.25) is 0 Å². The van der Waals surface area contributed by atoms with Crippen LogP contribution in [0.25, 0.3) is 0 Å². The summed E-state index contributed by atoms with van der Waals surface area (Å²) in [6.45, 7) is 2.37. The number of nitrogens with one attached hydrogen (secondary N) is 1. The van der Waals surface area contributed by atoms with E-state index in [0.717, 1.165) is 19.8 Å². The molecule has 3 rings (SSSR count). The zero-order valence-electron chi connectivity index (χ0n) is 10.3. The zero-order valence-corrected chi connectivity index (χ0v) is 10.3. The number of ether oxygens (including phenoxy) is 1. The van der Waals surface area contributed by atoms with Gasteiger partial charge < -0.3 is 10.1 Å².